The van der Waals surface area contributed by atoms with Gasteiger partial charge in [0, 0.05) is 16.7 Å². The van der Waals surface area contributed by atoms with Gasteiger partial charge in [0.25, 0.3) is 5.88 Å². The van der Waals surface area contributed by atoms with E-state index in [-0.39, 0.29) is 43.8 Å². The lowest BCUT2D eigenvalue weighted by Crippen LogP contribution is -2.13. The minimum atomic E-state index is -0.566. The zero-order valence-corrected chi connectivity index (χ0v) is 14.1. The molecule has 0 aromatic carbocycles. The van der Waals surface area contributed by atoms with Crippen LogP contribution in [0.15, 0.2) is 16.7 Å². The van der Waals surface area contributed by atoms with Gasteiger partial charge in [0.2, 0.25) is 0 Å². The number of pyridine rings is 1. The summed E-state index contributed by atoms with van der Waals surface area (Å²) in [6, 6.07) is 1.32. The number of hydrogen-bond acceptors (Lipinski definition) is 8. The molecule has 0 fully saturated rings. The number of carbonyl (C=O) groups is 1. The largest absolute Gasteiger partial charge is 0.470 e. The highest BCUT2D eigenvalue weighted by molar-refractivity contribution is 9.10. The van der Waals surface area contributed by atoms with Crippen LogP contribution in [0.25, 0.3) is 0 Å². The molecular formula is C13H17BrN2O7. The van der Waals surface area contributed by atoms with Crippen LogP contribution in [0.5, 0.6) is 5.88 Å². The van der Waals surface area contributed by atoms with Crippen LogP contribution in [0, 0.1) is 10.1 Å². The van der Waals surface area contributed by atoms with E-state index < -0.39 is 4.92 Å². The second-order valence-corrected chi connectivity index (χ2v) is 5.05. The summed E-state index contributed by atoms with van der Waals surface area (Å²) < 4.78 is 20.6. The molecule has 0 unspecified atom stereocenters. The predicted molar refractivity (Wildman–Crippen MR) is 82.4 cm³/mol. The first-order valence-corrected chi connectivity index (χ1v) is 7.49. The zero-order valence-electron chi connectivity index (χ0n) is 12.5. The van der Waals surface area contributed by atoms with Crippen LogP contribution >= 0.6 is 15.9 Å². The smallest absolute Gasteiger partial charge is 0.332 e. The fourth-order valence-electron chi connectivity index (χ4n) is 1.43. The molecule has 1 rings (SSSR count). The van der Waals surface area contributed by atoms with Gasteiger partial charge in [-0.15, -0.1) is 0 Å². The summed E-state index contributed by atoms with van der Waals surface area (Å²) in [5, 5.41) is 10.9. The van der Waals surface area contributed by atoms with E-state index >= 15 is 0 Å². The molecule has 0 spiro atoms. The lowest BCUT2D eigenvalue weighted by atomic mass is 10.4. The predicted octanol–water partition coefficient (Wildman–Crippen LogP) is 1.73. The molecule has 0 aliphatic heterocycles. The number of esters is 1. The van der Waals surface area contributed by atoms with Gasteiger partial charge < -0.3 is 18.9 Å². The maximum atomic E-state index is 10.9. The SMILES string of the molecule is COC(=O)CCOCCOCCOc1ncc(Br)cc1[N+](=O)[O-]. The normalized spacial score (nSPS) is 10.3. The number of carbonyl (C=O) groups excluding carboxylic acids is 1. The Morgan fingerprint density at radius 2 is 1.91 bits per heavy atom. The van der Waals surface area contributed by atoms with Gasteiger partial charge in [-0.3, -0.25) is 14.9 Å². The van der Waals surface area contributed by atoms with Gasteiger partial charge in [0.05, 0.1) is 44.9 Å². The molecular weight excluding hydrogens is 376 g/mol. The van der Waals surface area contributed by atoms with Crippen LogP contribution in [-0.2, 0) is 19.0 Å². The monoisotopic (exact) mass is 392 g/mol. The highest BCUT2D eigenvalue weighted by Gasteiger charge is 2.17. The molecule has 128 valence electrons. The van der Waals surface area contributed by atoms with Crippen molar-refractivity contribution in [2.24, 2.45) is 0 Å². The van der Waals surface area contributed by atoms with E-state index in [0.29, 0.717) is 17.7 Å². The van der Waals surface area contributed by atoms with Crippen molar-refractivity contribution in [2.45, 2.75) is 6.42 Å². The standard InChI is InChI=1S/C13H17BrN2O7/c1-20-12(17)2-3-21-4-5-22-6-7-23-13-11(16(18)19)8-10(14)9-15-13/h8-9H,2-7H2,1H3. The number of ether oxygens (including phenoxy) is 4. The molecule has 9 nitrogen and oxygen atoms in total. The first-order chi connectivity index (χ1) is 11.0. The van der Waals surface area contributed by atoms with Crippen molar-refractivity contribution >= 4 is 27.6 Å². The van der Waals surface area contributed by atoms with Crippen molar-refractivity contribution < 1.29 is 28.7 Å². The average molecular weight is 393 g/mol. The molecule has 0 N–H and O–H groups in total. The van der Waals surface area contributed by atoms with Gasteiger partial charge in [-0.05, 0) is 15.9 Å². The molecule has 0 saturated heterocycles. The molecule has 0 saturated carbocycles. The van der Waals surface area contributed by atoms with Gasteiger partial charge in [-0.25, -0.2) is 4.98 Å². The minimum absolute atomic E-state index is 0.0591. The Bertz CT molecular complexity index is 527. The first kappa shape index (κ1) is 19.3. The van der Waals surface area contributed by atoms with Crippen LogP contribution < -0.4 is 4.74 Å². The van der Waals surface area contributed by atoms with E-state index in [1.807, 2.05) is 0 Å². The van der Waals surface area contributed by atoms with Gasteiger partial charge in [0.15, 0.2) is 0 Å². The number of nitro groups is 1. The minimum Gasteiger partial charge on any atom is -0.470 e. The maximum absolute atomic E-state index is 10.9. The van der Waals surface area contributed by atoms with E-state index in [4.69, 9.17) is 14.2 Å². The molecule has 10 heteroatoms. The maximum Gasteiger partial charge on any atom is 0.332 e. The van der Waals surface area contributed by atoms with E-state index in [2.05, 4.69) is 25.7 Å². The number of rotatable bonds is 11. The third-order valence-corrected chi connectivity index (χ3v) is 2.95. The average Bonchev–Trinajstić information content (AvgIpc) is 2.53. The van der Waals surface area contributed by atoms with Crippen molar-refractivity contribution in [3.05, 3.63) is 26.9 Å². The van der Waals surface area contributed by atoms with Crippen molar-refractivity contribution in [3.63, 3.8) is 0 Å². The molecule has 23 heavy (non-hydrogen) atoms. The topological polar surface area (TPSA) is 110 Å². The molecule has 1 heterocycles. The van der Waals surface area contributed by atoms with Crippen molar-refractivity contribution in [1.29, 1.82) is 0 Å². The van der Waals surface area contributed by atoms with E-state index in [1.54, 1.807) is 0 Å². The summed E-state index contributed by atoms with van der Waals surface area (Å²) in [7, 11) is 1.32. The summed E-state index contributed by atoms with van der Waals surface area (Å²) in [5.74, 6) is -0.390. The Balaban J connectivity index is 2.14. The summed E-state index contributed by atoms with van der Waals surface area (Å²) in [4.78, 5) is 25.0. The fourth-order valence-corrected chi connectivity index (χ4v) is 1.75. The lowest BCUT2D eigenvalue weighted by Gasteiger charge is -2.07. The Morgan fingerprint density at radius 1 is 1.26 bits per heavy atom. The molecule has 0 bridgehead atoms. The number of methoxy groups -OCH3 is 1. The Kier molecular flexibility index (Phi) is 9.10. The van der Waals surface area contributed by atoms with Crippen molar-refractivity contribution in [3.8, 4) is 5.88 Å². The Hall–Kier alpha value is -1.78. The fraction of sp³-hybridized carbons (Fsp3) is 0.538. The third kappa shape index (κ3) is 7.86. The second-order valence-electron chi connectivity index (χ2n) is 4.13. The number of aromatic nitrogens is 1. The molecule has 1 aromatic rings. The van der Waals surface area contributed by atoms with Crippen LogP contribution in [0.1, 0.15) is 6.42 Å². The summed E-state index contributed by atoms with van der Waals surface area (Å²) in [6.45, 7) is 1.27. The first-order valence-electron chi connectivity index (χ1n) is 6.69. The molecule has 1 aromatic heterocycles. The summed E-state index contributed by atoms with van der Waals surface area (Å²) >= 11 is 3.11. The lowest BCUT2D eigenvalue weighted by molar-refractivity contribution is -0.386. The number of halogens is 1. The van der Waals surface area contributed by atoms with Gasteiger partial charge in [-0.1, -0.05) is 0 Å². The molecule has 0 aliphatic carbocycles. The van der Waals surface area contributed by atoms with Crippen molar-refractivity contribution in [1.82, 2.24) is 4.98 Å². The molecule has 0 radical (unpaired) electrons. The van der Waals surface area contributed by atoms with Crippen molar-refractivity contribution in [2.75, 3.05) is 40.1 Å². The van der Waals surface area contributed by atoms with Gasteiger partial charge >= 0.3 is 11.7 Å². The quantitative estimate of drug-likeness (QED) is 0.242. The van der Waals surface area contributed by atoms with Crippen LogP contribution in [0.3, 0.4) is 0 Å². The third-order valence-electron chi connectivity index (χ3n) is 2.51. The summed E-state index contributed by atoms with van der Waals surface area (Å²) in [5.41, 5.74) is -0.217. The number of nitrogens with zero attached hydrogens (tertiary/aromatic N) is 2. The zero-order chi connectivity index (χ0) is 17.1. The number of hydrogen-bond donors (Lipinski definition) is 0. The van der Waals surface area contributed by atoms with Gasteiger partial charge in [-0.2, -0.15) is 0 Å². The molecule has 0 atom stereocenters. The molecule has 0 amide bonds. The van der Waals surface area contributed by atoms with Crippen LogP contribution in [-0.4, -0.2) is 56.0 Å². The highest BCUT2D eigenvalue weighted by atomic mass is 79.9. The van der Waals surface area contributed by atoms with Crippen LogP contribution in [0.2, 0.25) is 0 Å². The van der Waals surface area contributed by atoms with E-state index in [9.17, 15) is 14.9 Å². The summed E-state index contributed by atoms with van der Waals surface area (Å²) in [6.07, 6.45) is 1.61. The highest BCUT2D eigenvalue weighted by Crippen LogP contribution is 2.27. The molecule has 0 aliphatic rings. The van der Waals surface area contributed by atoms with E-state index in [1.165, 1.54) is 19.4 Å². The van der Waals surface area contributed by atoms with Crippen LogP contribution in [0.4, 0.5) is 5.69 Å². The van der Waals surface area contributed by atoms with Gasteiger partial charge in [0.1, 0.15) is 6.61 Å². The second kappa shape index (κ2) is 10.9. The van der Waals surface area contributed by atoms with E-state index in [0.717, 1.165) is 0 Å². The Morgan fingerprint density at radius 3 is 2.57 bits per heavy atom. The Labute approximate surface area is 141 Å².